The Kier molecular flexibility index (Phi) is 6.50. The van der Waals surface area contributed by atoms with E-state index >= 15 is 0 Å². The zero-order valence-corrected chi connectivity index (χ0v) is 17.8. The van der Waals surface area contributed by atoms with Crippen molar-refractivity contribution in [2.75, 3.05) is 24.6 Å². The molecule has 3 rings (SSSR count). The Hall–Kier alpha value is -3.52. The molecule has 0 saturated carbocycles. The summed E-state index contributed by atoms with van der Waals surface area (Å²) in [5.74, 6) is -1.81. The number of nitrogens with one attached hydrogen (secondary N) is 1. The van der Waals surface area contributed by atoms with E-state index in [-0.39, 0.29) is 30.8 Å². The molecule has 1 amide bonds. The van der Waals surface area contributed by atoms with Crippen LogP contribution >= 0.6 is 0 Å². The zero-order chi connectivity index (χ0) is 22.6. The van der Waals surface area contributed by atoms with Crippen LogP contribution in [0.15, 0.2) is 30.5 Å². The van der Waals surface area contributed by atoms with Crippen molar-refractivity contribution in [1.82, 2.24) is 14.7 Å². The van der Waals surface area contributed by atoms with E-state index in [4.69, 9.17) is 4.74 Å². The molecule has 10 nitrogen and oxygen atoms in total. The van der Waals surface area contributed by atoms with Gasteiger partial charge in [0.15, 0.2) is 0 Å². The summed E-state index contributed by atoms with van der Waals surface area (Å²) in [4.78, 5) is 34.3. The Morgan fingerprint density at radius 2 is 2.10 bits per heavy atom. The molecule has 1 saturated heterocycles. The second-order valence-electron chi connectivity index (χ2n) is 6.97. The number of aryl methyl sites for hydroxylation is 1. The third-order valence-corrected chi connectivity index (χ3v) is 5.87. The number of rotatable bonds is 7. The second-order valence-corrected chi connectivity index (χ2v) is 8.70. The SMILES string of the molecule is CCOC(=O)c1cc(C#N)c(N2CC(C(=O)NS(=O)(=O)Cc3ccccn3)C2)nc1C. The van der Waals surface area contributed by atoms with E-state index in [2.05, 4.69) is 14.7 Å². The van der Waals surface area contributed by atoms with Gasteiger partial charge in [0.25, 0.3) is 0 Å². The van der Waals surface area contributed by atoms with Crippen LogP contribution in [-0.4, -0.2) is 50.0 Å². The van der Waals surface area contributed by atoms with Crippen molar-refractivity contribution in [3.05, 3.63) is 53.0 Å². The Labute approximate surface area is 179 Å². The van der Waals surface area contributed by atoms with Crippen LogP contribution in [0.5, 0.6) is 0 Å². The van der Waals surface area contributed by atoms with E-state index in [1.165, 1.54) is 12.3 Å². The lowest BCUT2D eigenvalue weighted by molar-refractivity contribution is -0.123. The normalized spacial score (nSPS) is 13.8. The van der Waals surface area contributed by atoms with Gasteiger partial charge >= 0.3 is 5.97 Å². The van der Waals surface area contributed by atoms with Gasteiger partial charge in [-0.3, -0.25) is 14.5 Å². The van der Waals surface area contributed by atoms with Crippen LogP contribution in [0.3, 0.4) is 0 Å². The van der Waals surface area contributed by atoms with Gasteiger partial charge in [-0.05, 0) is 32.0 Å². The maximum atomic E-state index is 12.4. The fourth-order valence-electron chi connectivity index (χ4n) is 3.10. The first-order valence-corrected chi connectivity index (χ1v) is 11.2. The highest BCUT2D eigenvalue weighted by Gasteiger charge is 2.36. The summed E-state index contributed by atoms with van der Waals surface area (Å²) in [7, 11) is -3.88. The number of pyridine rings is 2. The van der Waals surface area contributed by atoms with Crippen molar-refractivity contribution in [3.63, 3.8) is 0 Å². The van der Waals surface area contributed by atoms with E-state index in [0.717, 1.165) is 0 Å². The molecule has 0 aromatic carbocycles. The average Bonchev–Trinajstić information content (AvgIpc) is 2.67. The van der Waals surface area contributed by atoms with Gasteiger partial charge in [-0.15, -0.1) is 0 Å². The van der Waals surface area contributed by atoms with E-state index in [0.29, 0.717) is 17.2 Å². The van der Waals surface area contributed by atoms with E-state index in [1.807, 2.05) is 6.07 Å². The first-order chi connectivity index (χ1) is 14.7. The van der Waals surface area contributed by atoms with Crippen LogP contribution in [0.1, 0.15) is 34.2 Å². The van der Waals surface area contributed by atoms with Crippen LogP contribution in [0.2, 0.25) is 0 Å². The molecule has 1 aliphatic rings. The summed E-state index contributed by atoms with van der Waals surface area (Å²) in [6.45, 7) is 3.91. The lowest BCUT2D eigenvalue weighted by atomic mass is 9.98. The molecule has 0 spiro atoms. The lowest BCUT2D eigenvalue weighted by Crippen LogP contribution is -2.55. The molecule has 162 valence electrons. The molecule has 0 radical (unpaired) electrons. The molecule has 1 aliphatic heterocycles. The first kappa shape index (κ1) is 22.2. The number of nitriles is 1. The number of sulfonamides is 1. The summed E-state index contributed by atoms with van der Waals surface area (Å²) >= 11 is 0. The number of carbonyl (C=O) groups excluding carboxylic acids is 2. The van der Waals surface area contributed by atoms with Gasteiger partial charge in [0.2, 0.25) is 15.9 Å². The maximum absolute atomic E-state index is 12.4. The van der Waals surface area contributed by atoms with Gasteiger partial charge in [0, 0.05) is 19.3 Å². The molecule has 3 heterocycles. The van der Waals surface area contributed by atoms with Crippen LogP contribution in [0, 0.1) is 24.2 Å². The number of carbonyl (C=O) groups is 2. The monoisotopic (exact) mass is 443 g/mol. The highest BCUT2D eigenvalue weighted by Crippen LogP contribution is 2.28. The number of hydrogen-bond acceptors (Lipinski definition) is 9. The van der Waals surface area contributed by atoms with Crippen LogP contribution in [-0.2, 0) is 25.3 Å². The largest absolute Gasteiger partial charge is 0.462 e. The maximum Gasteiger partial charge on any atom is 0.340 e. The van der Waals surface area contributed by atoms with Gasteiger partial charge in [-0.25, -0.2) is 18.2 Å². The van der Waals surface area contributed by atoms with E-state index in [9.17, 15) is 23.3 Å². The van der Waals surface area contributed by atoms with Crippen molar-refractivity contribution >= 4 is 27.7 Å². The Bertz CT molecular complexity index is 1140. The van der Waals surface area contributed by atoms with Crippen LogP contribution in [0.4, 0.5) is 5.82 Å². The third kappa shape index (κ3) is 5.16. The average molecular weight is 443 g/mol. The summed E-state index contributed by atoms with van der Waals surface area (Å²) in [6, 6.07) is 8.32. The van der Waals surface area contributed by atoms with Crippen molar-refractivity contribution in [2.24, 2.45) is 5.92 Å². The predicted molar refractivity (Wildman–Crippen MR) is 110 cm³/mol. The minimum absolute atomic E-state index is 0.176. The van der Waals surface area contributed by atoms with Gasteiger partial charge in [-0.1, -0.05) is 6.07 Å². The topological polar surface area (TPSA) is 142 Å². The Morgan fingerprint density at radius 1 is 1.35 bits per heavy atom. The summed E-state index contributed by atoms with van der Waals surface area (Å²) in [6.07, 6.45) is 1.48. The summed E-state index contributed by atoms with van der Waals surface area (Å²) in [5, 5.41) is 9.45. The molecular formula is C20H21N5O5S. The predicted octanol–water partition coefficient (Wildman–Crippen LogP) is 0.916. The Balaban J connectivity index is 1.65. The smallest absolute Gasteiger partial charge is 0.340 e. The number of ether oxygens (including phenoxy) is 1. The second kappa shape index (κ2) is 9.09. The van der Waals surface area contributed by atoms with Crippen molar-refractivity contribution < 1.29 is 22.7 Å². The van der Waals surface area contributed by atoms with Gasteiger partial charge < -0.3 is 9.64 Å². The highest BCUT2D eigenvalue weighted by atomic mass is 32.2. The number of amides is 1. The first-order valence-electron chi connectivity index (χ1n) is 9.52. The van der Waals surface area contributed by atoms with Crippen molar-refractivity contribution in [1.29, 1.82) is 5.26 Å². The van der Waals surface area contributed by atoms with E-state index < -0.39 is 33.6 Å². The van der Waals surface area contributed by atoms with Crippen molar-refractivity contribution in [3.8, 4) is 6.07 Å². The number of anilines is 1. The molecule has 0 aliphatic carbocycles. The molecule has 1 fully saturated rings. The standard InChI is InChI=1S/C20H21N5O5S/c1-3-30-20(27)17-8-14(9-21)18(23-13(17)2)25-10-15(11-25)19(26)24-31(28,29)12-16-6-4-5-7-22-16/h4-8,15H,3,10-12H2,1-2H3,(H,24,26). The molecule has 0 unspecified atom stereocenters. The van der Waals surface area contributed by atoms with Crippen LogP contribution < -0.4 is 9.62 Å². The zero-order valence-electron chi connectivity index (χ0n) is 17.0. The number of esters is 1. The number of nitrogens with zero attached hydrogens (tertiary/aromatic N) is 4. The summed E-state index contributed by atoms with van der Waals surface area (Å²) < 4.78 is 31.5. The highest BCUT2D eigenvalue weighted by molar-refractivity contribution is 7.89. The Morgan fingerprint density at radius 3 is 2.71 bits per heavy atom. The molecule has 1 N–H and O–H groups in total. The van der Waals surface area contributed by atoms with Crippen molar-refractivity contribution in [2.45, 2.75) is 19.6 Å². The van der Waals surface area contributed by atoms with Gasteiger partial charge in [-0.2, -0.15) is 5.26 Å². The molecule has 0 atom stereocenters. The quantitative estimate of drug-likeness (QED) is 0.618. The molecular weight excluding hydrogens is 422 g/mol. The van der Waals surface area contributed by atoms with E-state index in [1.54, 1.807) is 36.9 Å². The fourth-order valence-corrected chi connectivity index (χ4v) is 4.21. The van der Waals surface area contributed by atoms with Gasteiger partial charge in [0.1, 0.15) is 17.6 Å². The molecule has 2 aromatic rings. The molecule has 0 bridgehead atoms. The fraction of sp³-hybridized carbons (Fsp3) is 0.350. The molecule has 11 heteroatoms. The van der Waals surface area contributed by atoms with Crippen LogP contribution in [0.25, 0.3) is 0 Å². The minimum atomic E-state index is -3.88. The summed E-state index contributed by atoms with van der Waals surface area (Å²) in [5.41, 5.74) is 1.12. The van der Waals surface area contributed by atoms with Gasteiger partial charge in [0.05, 0.1) is 35.0 Å². The number of aromatic nitrogens is 2. The lowest BCUT2D eigenvalue weighted by Gasteiger charge is -2.39. The molecule has 2 aromatic heterocycles. The molecule has 31 heavy (non-hydrogen) atoms. The minimum Gasteiger partial charge on any atom is -0.462 e. The number of hydrogen-bond donors (Lipinski definition) is 1. The third-order valence-electron chi connectivity index (χ3n) is 4.68.